The van der Waals surface area contributed by atoms with Gasteiger partial charge in [-0.05, 0) is 32.9 Å². The normalized spacial score (nSPS) is 23.6. The largest absolute Gasteiger partial charge is 0.340 e. The Kier molecular flexibility index (Phi) is 6.46. The van der Waals surface area contributed by atoms with Crippen LogP contribution < -0.4 is 5.73 Å². The molecule has 0 saturated carbocycles. The first-order chi connectivity index (χ1) is 9.41. The van der Waals surface area contributed by atoms with Crippen molar-refractivity contribution in [3.8, 4) is 0 Å². The quantitative estimate of drug-likeness (QED) is 0.777. The molecule has 0 aromatic rings. The number of carbonyl (C=O) groups excluding carboxylic acids is 1. The van der Waals surface area contributed by atoms with Crippen LogP contribution in [0.5, 0.6) is 0 Å². The molecule has 2 N–H and O–H groups in total. The van der Waals surface area contributed by atoms with Crippen LogP contribution >= 0.6 is 0 Å². The van der Waals surface area contributed by atoms with Crippen LogP contribution in [0.4, 0.5) is 0 Å². The molecule has 0 bridgehead atoms. The lowest BCUT2D eigenvalue weighted by Gasteiger charge is -2.35. The fourth-order valence-electron chi connectivity index (χ4n) is 3.71. The lowest BCUT2D eigenvalue weighted by Crippen LogP contribution is -2.48. The molecule has 4 heteroatoms. The Hall–Kier alpha value is -0.610. The van der Waals surface area contributed by atoms with Gasteiger partial charge in [0.05, 0.1) is 5.41 Å². The summed E-state index contributed by atoms with van der Waals surface area (Å²) in [6.45, 7) is 8.72. The molecule has 1 aliphatic rings. The Bertz CT molecular complexity index is 311. The van der Waals surface area contributed by atoms with E-state index in [9.17, 15) is 4.79 Å². The first-order valence-corrected chi connectivity index (χ1v) is 8.07. The molecule has 2 unspecified atom stereocenters. The lowest BCUT2D eigenvalue weighted by atomic mass is 9.78. The molecule has 1 saturated heterocycles. The number of carbonyl (C=O) groups is 1. The monoisotopic (exact) mass is 283 g/mol. The predicted octanol–water partition coefficient (Wildman–Crippen LogP) is 1.94. The van der Waals surface area contributed by atoms with Crippen molar-refractivity contribution in [1.29, 1.82) is 0 Å². The Morgan fingerprint density at radius 1 is 1.25 bits per heavy atom. The lowest BCUT2D eigenvalue weighted by molar-refractivity contribution is -0.141. The third kappa shape index (κ3) is 3.53. The third-order valence-electron chi connectivity index (χ3n) is 4.82. The highest BCUT2D eigenvalue weighted by Crippen LogP contribution is 2.33. The van der Waals surface area contributed by atoms with E-state index in [2.05, 4.69) is 44.7 Å². The summed E-state index contributed by atoms with van der Waals surface area (Å²) in [5.74, 6) is 0.826. The molecule has 0 radical (unpaired) electrons. The predicted molar refractivity (Wildman–Crippen MR) is 84.5 cm³/mol. The maximum absolute atomic E-state index is 13.0. The van der Waals surface area contributed by atoms with Gasteiger partial charge in [-0.2, -0.15) is 0 Å². The van der Waals surface area contributed by atoms with E-state index in [0.29, 0.717) is 24.4 Å². The molecule has 0 spiro atoms. The number of likely N-dealkylation sites (tertiary alicyclic amines) is 1. The number of rotatable bonds is 7. The average molecular weight is 283 g/mol. The van der Waals surface area contributed by atoms with Crippen molar-refractivity contribution in [2.75, 3.05) is 33.7 Å². The van der Waals surface area contributed by atoms with Gasteiger partial charge in [-0.3, -0.25) is 4.79 Å². The standard InChI is InChI=1S/C16H33N3O/c1-6-8-16(12-17,9-7-2)15(20)19-10-13(3)14(11-19)18(4)5/h13-14H,6-12,17H2,1-5H3. The smallest absolute Gasteiger partial charge is 0.230 e. The van der Waals surface area contributed by atoms with Gasteiger partial charge in [0.25, 0.3) is 0 Å². The molecule has 4 nitrogen and oxygen atoms in total. The van der Waals surface area contributed by atoms with E-state index in [4.69, 9.17) is 5.73 Å². The molecule has 0 aromatic carbocycles. The fourth-order valence-corrected chi connectivity index (χ4v) is 3.71. The summed E-state index contributed by atoms with van der Waals surface area (Å²) in [7, 11) is 4.20. The van der Waals surface area contributed by atoms with Crippen LogP contribution in [-0.2, 0) is 4.79 Å². The molecule has 2 atom stereocenters. The Balaban J connectivity index is 2.85. The van der Waals surface area contributed by atoms with Crippen molar-refractivity contribution in [1.82, 2.24) is 9.80 Å². The SMILES string of the molecule is CCCC(CN)(CCC)C(=O)N1CC(C)C(N(C)C)C1. The molecule has 1 rings (SSSR count). The highest BCUT2D eigenvalue weighted by Gasteiger charge is 2.42. The number of nitrogens with zero attached hydrogens (tertiary/aromatic N) is 2. The van der Waals surface area contributed by atoms with Gasteiger partial charge < -0.3 is 15.5 Å². The molecule has 0 aromatic heterocycles. The Morgan fingerprint density at radius 2 is 1.80 bits per heavy atom. The van der Waals surface area contributed by atoms with Gasteiger partial charge in [0.15, 0.2) is 0 Å². The van der Waals surface area contributed by atoms with Crippen LogP contribution in [-0.4, -0.2) is 55.5 Å². The second-order valence-electron chi connectivity index (χ2n) is 6.70. The number of nitrogens with two attached hydrogens (primary N) is 1. The van der Waals surface area contributed by atoms with E-state index in [1.807, 2.05) is 0 Å². The Morgan fingerprint density at radius 3 is 2.15 bits per heavy atom. The molecule has 118 valence electrons. The summed E-state index contributed by atoms with van der Waals surface area (Å²) in [5.41, 5.74) is 5.69. The number of hydrogen-bond acceptors (Lipinski definition) is 3. The first kappa shape index (κ1) is 17.4. The minimum atomic E-state index is -0.329. The molecule has 0 aliphatic carbocycles. The van der Waals surface area contributed by atoms with Crippen molar-refractivity contribution in [2.24, 2.45) is 17.1 Å². The number of hydrogen-bond donors (Lipinski definition) is 1. The third-order valence-corrected chi connectivity index (χ3v) is 4.82. The van der Waals surface area contributed by atoms with Crippen molar-refractivity contribution >= 4 is 5.91 Å². The summed E-state index contributed by atoms with van der Waals surface area (Å²) in [4.78, 5) is 17.3. The van der Waals surface area contributed by atoms with Crippen LogP contribution in [0.15, 0.2) is 0 Å². The van der Waals surface area contributed by atoms with Crippen LogP contribution in [0, 0.1) is 11.3 Å². The number of likely N-dealkylation sites (N-methyl/N-ethyl adjacent to an activating group) is 1. The van der Waals surface area contributed by atoms with Gasteiger partial charge >= 0.3 is 0 Å². The summed E-state index contributed by atoms with van der Waals surface area (Å²) in [6, 6.07) is 0.470. The van der Waals surface area contributed by atoms with Gasteiger partial charge in [-0.15, -0.1) is 0 Å². The molecular formula is C16H33N3O. The van der Waals surface area contributed by atoms with Crippen LogP contribution in [0.3, 0.4) is 0 Å². The summed E-state index contributed by atoms with van der Waals surface area (Å²) in [6.07, 6.45) is 3.86. The fraction of sp³-hybridized carbons (Fsp3) is 0.938. The molecule has 20 heavy (non-hydrogen) atoms. The van der Waals surface area contributed by atoms with Gasteiger partial charge in [-0.1, -0.05) is 33.6 Å². The van der Waals surface area contributed by atoms with E-state index in [1.165, 1.54) is 0 Å². The van der Waals surface area contributed by atoms with Crippen molar-refractivity contribution in [3.63, 3.8) is 0 Å². The zero-order chi connectivity index (χ0) is 15.3. The zero-order valence-electron chi connectivity index (χ0n) is 14.0. The second-order valence-corrected chi connectivity index (χ2v) is 6.70. The summed E-state index contributed by atoms with van der Waals surface area (Å²) in [5, 5.41) is 0. The van der Waals surface area contributed by atoms with E-state index < -0.39 is 0 Å². The van der Waals surface area contributed by atoms with Crippen molar-refractivity contribution < 1.29 is 4.79 Å². The van der Waals surface area contributed by atoms with Crippen LogP contribution in [0.1, 0.15) is 46.5 Å². The van der Waals surface area contributed by atoms with Crippen LogP contribution in [0.2, 0.25) is 0 Å². The molecule has 1 heterocycles. The minimum Gasteiger partial charge on any atom is -0.340 e. The van der Waals surface area contributed by atoms with E-state index >= 15 is 0 Å². The highest BCUT2D eigenvalue weighted by atomic mass is 16.2. The van der Waals surface area contributed by atoms with Crippen molar-refractivity contribution in [3.05, 3.63) is 0 Å². The zero-order valence-corrected chi connectivity index (χ0v) is 14.0. The first-order valence-electron chi connectivity index (χ1n) is 8.07. The Labute approximate surface area is 124 Å². The summed E-state index contributed by atoms with van der Waals surface area (Å²) < 4.78 is 0. The average Bonchev–Trinajstić information content (AvgIpc) is 2.79. The van der Waals surface area contributed by atoms with Gasteiger partial charge in [0, 0.05) is 25.7 Å². The molecule has 1 amide bonds. The number of amides is 1. The van der Waals surface area contributed by atoms with Gasteiger partial charge in [-0.25, -0.2) is 0 Å². The van der Waals surface area contributed by atoms with Gasteiger partial charge in [0.1, 0.15) is 0 Å². The van der Waals surface area contributed by atoms with Gasteiger partial charge in [0.2, 0.25) is 5.91 Å². The maximum atomic E-state index is 13.0. The molecular weight excluding hydrogens is 250 g/mol. The van der Waals surface area contributed by atoms with Crippen molar-refractivity contribution in [2.45, 2.75) is 52.5 Å². The van der Waals surface area contributed by atoms with Crippen LogP contribution in [0.25, 0.3) is 0 Å². The second kappa shape index (κ2) is 7.41. The molecule has 1 aliphatic heterocycles. The minimum absolute atomic E-state index is 0.292. The van der Waals surface area contributed by atoms with E-state index in [0.717, 1.165) is 38.8 Å². The summed E-state index contributed by atoms with van der Waals surface area (Å²) >= 11 is 0. The maximum Gasteiger partial charge on any atom is 0.230 e. The highest BCUT2D eigenvalue weighted by molar-refractivity contribution is 5.83. The molecule has 1 fully saturated rings. The van der Waals surface area contributed by atoms with E-state index in [1.54, 1.807) is 0 Å². The van der Waals surface area contributed by atoms with E-state index in [-0.39, 0.29) is 5.41 Å². The topological polar surface area (TPSA) is 49.6 Å².